The predicted octanol–water partition coefficient (Wildman–Crippen LogP) is 1.74. The van der Waals surface area contributed by atoms with Crippen LogP contribution in [0.15, 0.2) is 0 Å². The van der Waals surface area contributed by atoms with Crippen molar-refractivity contribution in [1.82, 2.24) is 0 Å². The third kappa shape index (κ3) is 1.48. The van der Waals surface area contributed by atoms with E-state index in [-0.39, 0.29) is 17.5 Å². The molecule has 3 aliphatic rings. The first-order valence-electron chi connectivity index (χ1n) is 4.98. The van der Waals surface area contributed by atoms with Crippen molar-refractivity contribution in [2.75, 3.05) is 19.0 Å². The van der Waals surface area contributed by atoms with Crippen molar-refractivity contribution in [3.05, 3.63) is 0 Å². The monoisotopic (exact) mass is 262 g/mol. The van der Waals surface area contributed by atoms with Crippen molar-refractivity contribution in [1.29, 1.82) is 0 Å². The summed E-state index contributed by atoms with van der Waals surface area (Å²) in [7, 11) is 1.47. The van der Waals surface area contributed by atoms with Gasteiger partial charge in [0.25, 0.3) is 0 Å². The molecule has 14 heavy (non-hydrogen) atoms. The Morgan fingerprint density at radius 1 is 1.50 bits per heavy atom. The van der Waals surface area contributed by atoms with Crippen molar-refractivity contribution in [2.45, 2.75) is 25.4 Å². The van der Waals surface area contributed by atoms with Crippen LogP contribution in [-0.2, 0) is 14.3 Å². The maximum absolute atomic E-state index is 11.5. The number of hydrogen-bond acceptors (Lipinski definition) is 3. The highest BCUT2D eigenvalue weighted by atomic mass is 79.9. The molecule has 0 unspecified atom stereocenters. The molecule has 2 bridgehead atoms. The van der Waals surface area contributed by atoms with Gasteiger partial charge < -0.3 is 9.47 Å². The minimum absolute atomic E-state index is 0.0429. The van der Waals surface area contributed by atoms with Crippen molar-refractivity contribution in [2.24, 2.45) is 11.3 Å². The summed E-state index contributed by atoms with van der Waals surface area (Å²) in [6.07, 6.45) is 3.07. The maximum Gasteiger partial charge on any atom is 0.311 e. The highest BCUT2D eigenvalue weighted by molar-refractivity contribution is 9.09. The molecule has 0 spiro atoms. The molecule has 3 nitrogen and oxygen atoms in total. The largest absolute Gasteiger partial charge is 0.469 e. The third-order valence-electron chi connectivity index (χ3n) is 3.45. The zero-order valence-electron chi connectivity index (χ0n) is 8.29. The van der Waals surface area contributed by atoms with Gasteiger partial charge in [0.1, 0.15) is 0 Å². The fourth-order valence-electron chi connectivity index (χ4n) is 2.78. The lowest BCUT2D eigenvalue weighted by Crippen LogP contribution is -2.37. The van der Waals surface area contributed by atoms with E-state index >= 15 is 0 Å². The third-order valence-corrected chi connectivity index (χ3v) is 3.77. The number of methoxy groups -OCH3 is 1. The zero-order valence-corrected chi connectivity index (χ0v) is 9.88. The number of alkyl halides is 1. The van der Waals surface area contributed by atoms with Crippen LogP contribution >= 0.6 is 15.9 Å². The molecule has 0 aromatic rings. The molecule has 0 aliphatic heterocycles. The molecule has 3 fully saturated rings. The number of fused-ring (bicyclic) bond motifs is 1. The second-order valence-corrected chi connectivity index (χ2v) is 5.04. The molecule has 0 amide bonds. The number of hydrogen-bond donors (Lipinski definition) is 0. The Balaban J connectivity index is 1.90. The molecule has 3 aliphatic carbocycles. The molecule has 0 aromatic heterocycles. The molecule has 0 radical (unpaired) electrons. The molecular formula is C10H15BrO3. The van der Waals surface area contributed by atoms with Gasteiger partial charge in [-0.3, -0.25) is 4.79 Å². The number of ether oxygens (including phenoxy) is 2. The van der Waals surface area contributed by atoms with E-state index in [4.69, 9.17) is 9.47 Å². The molecule has 0 heterocycles. The first-order chi connectivity index (χ1) is 6.72. The topological polar surface area (TPSA) is 35.5 Å². The van der Waals surface area contributed by atoms with Gasteiger partial charge in [0, 0.05) is 5.33 Å². The minimum Gasteiger partial charge on any atom is -0.469 e. The summed E-state index contributed by atoms with van der Waals surface area (Å²) in [5.41, 5.74) is -0.184. The predicted molar refractivity (Wildman–Crippen MR) is 55.3 cm³/mol. The van der Waals surface area contributed by atoms with E-state index in [0.29, 0.717) is 5.92 Å². The molecule has 1 atom stereocenters. The van der Waals surface area contributed by atoms with Crippen molar-refractivity contribution < 1.29 is 14.3 Å². The second kappa shape index (κ2) is 3.81. The number of esters is 1. The first kappa shape index (κ1) is 10.4. The van der Waals surface area contributed by atoms with Gasteiger partial charge in [-0.1, -0.05) is 15.9 Å². The van der Waals surface area contributed by atoms with E-state index in [1.54, 1.807) is 0 Å². The van der Waals surface area contributed by atoms with Crippen molar-refractivity contribution >= 4 is 21.9 Å². The van der Waals surface area contributed by atoms with Gasteiger partial charge in [-0.15, -0.1) is 0 Å². The lowest BCUT2D eigenvalue weighted by Gasteiger charge is -2.35. The highest BCUT2D eigenvalue weighted by Gasteiger charge is 2.61. The summed E-state index contributed by atoms with van der Waals surface area (Å²) in [6, 6.07) is 0. The van der Waals surface area contributed by atoms with Gasteiger partial charge in [0.2, 0.25) is 0 Å². The Bertz CT molecular complexity index is 236. The summed E-state index contributed by atoms with van der Waals surface area (Å²) >= 11 is 3.33. The summed E-state index contributed by atoms with van der Waals surface area (Å²) in [4.78, 5) is 11.5. The van der Waals surface area contributed by atoms with Crippen LogP contribution in [0.1, 0.15) is 19.3 Å². The average Bonchev–Trinajstić information content (AvgIpc) is 2.67. The van der Waals surface area contributed by atoms with Crippen molar-refractivity contribution in [3.8, 4) is 0 Å². The Morgan fingerprint density at radius 3 is 2.79 bits per heavy atom. The van der Waals surface area contributed by atoms with Gasteiger partial charge in [0.15, 0.2) is 0 Å². The summed E-state index contributed by atoms with van der Waals surface area (Å²) in [6.45, 7) is 0.735. The molecule has 4 heteroatoms. The molecular weight excluding hydrogens is 248 g/mol. The zero-order chi connectivity index (χ0) is 10.2. The van der Waals surface area contributed by atoms with E-state index in [2.05, 4.69) is 15.9 Å². The second-order valence-electron chi connectivity index (χ2n) is 4.24. The Hall–Kier alpha value is -0.0900. The standard InChI is InChI=1S/C10H15BrO3/c1-13-9(12)10-4-7(5-10)8(6-10)14-3-2-11/h7-8H,2-6H2,1H3/t7?,8-,10?/m1/s1. The van der Waals surface area contributed by atoms with Crippen LogP contribution in [-0.4, -0.2) is 31.1 Å². The first-order valence-corrected chi connectivity index (χ1v) is 6.10. The molecule has 0 aromatic carbocycles. The molecule has 0 saturated heterocycles. The van der Waals surface area contributed by atoms with Crippen LogP contribution < -0.4 is 0 Å². The Kier molecular flexibility index (Phi) is 2.84. The van der Waals surface area contributed by atoms with Crippen LogP contribution in [0.2, 0.25) is 0 Å². The molecule has 0 N–H and O–H groups in total. The van der Waals surface area contributed by atoms with Crippen molar-refractivity contribution in [3.63, 3.8) is 0 Å². The van der Waals surface area contributed by atoms with Gasteiger partial charge in [-0.2, -0.15) is 0 Å². The van der Waals surface area contributed by atoms with Gasteiger partial charge in [-0.25, -0.2) is 0 Å². The van der Waals surface area contributed by atoms with E-state index in [9.17, 15) is 4.79 Å². The van der Waals surface area contributed by atoms with Gasteiger partial charge in [0.05, 0.1) is 25.2 Å². The lowest BCUT2D eigenvalue weighted by molar-refractivity contribution is -0.157. The van der Waals surface area contributed by atoms with E-state index in [1.165, 1.54) is 7.11 Å². The molecule has 80 valence electrons. The highest BCUT2D eigenvalue weighted by Crippen LogP contribution is 2.60. The SMILES string of the molecule is COC(=O)C12CC(C1)[C@H](OCCBr)C2. The van der Waals surface area contributed by atoms with Crippen LogP contribution in [0, 0.1) is 11.3 Å². The van der Waals surface area contributed by atoms with E-state index in [0.717, 1.165) is 31.2 Å². The number of carbonyl (C=O) groups excluding carboxylic acids is 1. The van der Waals surface area contributed by atoms with Crippen LogP contribution in [0.3, 0.4) is 0 Å². The van der Waals surface area contributed by atoms with Crippen LogP contribution in [0.25, 0.3) is 0 Å². The smallest absolute Gasteiger partial charge is 0.311 e. The quantitative estimate of drug-likeness (QED) is 0.572. The molecule has 3 saturated carbocycles. The molecule has 3 rings (SSSR count). The fourth-order valence-corrected chi connectivity index (χ4v) is 2.97. The normalized spacial score (nSPS) is 39.3. The Morgan fingerprint density at radius 2 is 2.21 bits per heavy atom. The fraction of sp³-hybridized carbons (Fsp3) is 0.900. The number of carbonyl (C=O) groups is 1. The minimum atomic E-state index is -0.184. The van der Waals surface area contributed by atoms with Gasteiger partial charge >= 0.3 is 5.97 Å². The number of rotatable bonds is 4. The Labute approximate surface area is 92.3 Å². The van der Waals surface area contributed by atoms with Crippen LogP contribution in [0.4, 0.5) is 0 Å². The van der Waals surface area contributed by atoms with E-state index < -0.39 is 0 Å². The maximum atomic E-state index is 11.5. The summed E-state index contributed by atoms with van der Waals surface area (Å²) in [5.74, 6) is 0.548. The number of halogens is 1. The summed E-state index contributed by atoms with van der Waals surface area (Å²) < 4.78 is 10.5. The van der Waals surface area contributed by atoms with E-state index in [1.807, 2.05) is 0 Å². The lowest BCUT2D eigenvalue weighted by atomic mass is 9.70. The summed E-state index contributed by atoms with van der Waals surface area (Å²) in [5, 5.41) is 0.863. The van der Waals surface area contributed by atoms with Crippen LogP contribution in [0.5, 0.6) is 0 Å². The average molecular weight is 263 g/mol. The van der Waals surface area contributed by atoms with Gasteiger partial charge in [-0.05, 0) is 25.2 Å².